The Bertz CT molecular complexity index is 1910. The van der Waals surface area contributed by atoms with E-state index in [1.165, 1.54) is 24.3 Å². The van der Waals surface area contributed by atoms with Gasteiger partial charge in [0.05, 0.1) is 0 Å². The fourth-order valence-electron chi connectivity index (χ4n) is 8.00. The Balaban J connectivity index is 1.72. The van der Waals surface area contributed by atoms with Gasteiger partial charge in [0, 0.05) is 0 Å². The summed E-state index contributed by atoms with van der Waals surface area (Å²) in [5.74, 6) is -3.16. The fraction of sp³-hybridized carbons (Fsp3) is 0.333. The van der Waals surface area contributed by atoms with Gasteiger partial charge in [-0.3, -0.25) is 0 Å². The van der Waals surface area contributed by atoms with Crippen LogP contribution in [0.15, 0.2) is 92.7 Å². The van der Waals surface area contributed by atoms with Crippen molar-refractivity contribution < 1.29 is 34.2 Å². The Morgan fingerprint density at radius 2 is 0.811 bits per heavy atom. The maximum atomic E-state index is 18.1. The van der Waals surface area contributed by atoms with E-state index in [0.29, 0.717) is 46.8 Å². The van der Waals surface area contributed by atoms with Gasteiger partial charge < -0.3 is 0 Å². The molecule has 11 heteroatoms. The van der Waals surface area contributed by atoms with E-state index in [4.69, 9.17) is 0 Å². The van der Waals surface area contributed by atoms with Crippen LogP contribution in [0.3, 0.4) is 0 Å². The first-order valence-corrected chi connectivity index (χ1v) is 21.1. The van der Waals surface area contributed by atoms with Crippen molar-refractivity contribution in [1.82, 2.24) is 28.7 Å². The first-order chi connectivity index (χ1) is 25.2. The van der Waals surface area contributed by atoms with Crippen molar-refractivity contribution in [1.29, 1.82) is 0 Å². The SMILES string of the molecule is CN(C)Cc1ccc(CN(C)C)n1-c1ccc(F)[c]([Ti]([C]2=CC=CC2)([C]2=CC=CC2)[c]2c(F)ccc(-n3c(CN(C)C)ccc3CN(C)C)c2F)c1F. The predicted molar refractivity (Wildman–Crippen MR) is 204 cm³/mol. The molecule has 6 rings (SSSR count). The molecule has 2 aliphatic carbocycles. The Labute approximate surface area is 315 Å². The van der Waals surface area contributed by atoms with Crippen LogP contribution in [-0.2, 0) is 42.8 Å². The van der Waals surface area contributed by atoms with Crippen LogP contribution in [-0.4, -0.2) is 85.1 Å². The summed E-state index contributed by atoms with van der Waals surface area (Å²) < 4.78 is 74.9. The number of aromatic nitrogens is 2. The Kier molecular flexibility index (Phi) is 11.7. The summed E-state index contributed by atoms with van der Waals surface area (Å²) in [6, 6.07) is 13.3. The third-order valence-electron chi connectivity index (χ3n) is 9.88. The van der Waals surface area contributed by atoms with Crippen molar-refractivity contribution in [3.05, 3.63) is 139 Å². The van der Waals surface area contributed by atoms with Gasteiger partial charge in [0.25, 0.3) is 0 Å². The van der Waals surface area contributed by atoms with E-state index in [-0.39, 0.29) is 19.1 Å². The first kappa shape index (κ1) is 38.9. The third-order valence-corrected chi connectivity index (χ3v) is 17.8. The van der Waals surface area contributed by atoms with Gasteiger partial charge in [-0.05, 0) is 0 Å². The molecule has 2 aromatic heterocycles. The zero-order valence-corrected chi connectivity index (χ0v) is 33.6. The van der Waals surface area contributed by atoms with E-state index in [1.54, 1.807) is 0 Å². The Morgan fingerprint density at radius 1 is 0.491 bits per heavy atom. The molecule has 0 saturated carbocycles. The van der Waals surface area contributed by atoms with Gasteiger partial charge in [-0.25, -0.2) is 0 Å². The molecule has 0 atom stereocenters. The average molecular weight is 763 g/mol. The van der Waals surface area contributed by atoms with Crippen molar-refractivity contribution >= 4 is 7.74 Å². The van der Waals surface area contributed by atoms with E-state index in [9.17, 15) is 0 Å². The van der Waals surface area contributed by atoms with Crippen LogP contribution in [0.5, 0.6) is 0 Å². The van der Waals surface area contributed by atoms with E-state index >= 15 is 17.6 Å². The molecule has 53 heavy (non-hydrogen) atoms. The normalized spacial score (nSPS) is 14.6. The van der Waals surface area contributed by atoms with Crippen molar-refractivity contribution in [3.8, 4) is 11.4 Å². The molecule has 0 amide bonds. The number of halogens is 4. The molecule has 0 spiro atoms. The molecule has 0 radical (unpaired) electrons. The van der Waals surface area contributed by atoms with Crippen molar-refractivity contribution in [3.63, 3.8) is 0 Å². The van der Waals surface area contributed by atoms with E-state index in [2.05, 4.69) is 0 Å². The number of nitrogens with zero attached hydrogens (tertiary/aromatic N) is 6. The molecule has 4 aromatic rings. The molecule has 0 N–H and O–H groups in total. The Hall–Kier alpha value is -3.77. The summed E-state index contributed by atoms with van der Waals surface area (Å²) in [4.78, 5) is 7.97. The molecular formula is C42H50F4N6Ti. The first-order valence-electron chi connectivity index (χ1n) is 17.9. The molecule has 2 aliphatic rings. The van der Waals surface area contributed by atoms with Gasteiger partial charge in [0.1, 0.15) is 0 Å². The number of benzene rings is 2. The minimum atomic E-state index is -5.14. The summed E-state index contributed by atoms with van der Waals surface area (Å²) in [7, 11) is 15.5. The maximum absolute atomic E-state index is 18.1. The predicted octanol–water partition coefficient (Wildman–Crippen LogP) is 6.86. The molecule has 280 valence electrons. The number of allylic oxidation sites excluding steroid dienone is 8. The van der Waals surface area contributed by atoms with Crippen LogP contribution in [0.1, 0.15) is 35.6 Å². The summed E-state index contributed by atoms with van der Waals surface area (Å²) >= 11 is -5.14. The van der Waals surface area contributed by atoms with Crippen molar-refractivity contribution in [2.24, 2.45) is 0 Å². The topological polar surface area (TPSA) is 22.8 Å². The van der Waals surface area contributed by atoms with E-state index in [0.717, 1.165) is 22.8 Å². The van der Waals surface area contributed by atoms with Crippen LogP contribution in [0.2, 0.25) is 0 Å². The van der Waals surface area contributed by atoms with Gasteiger partial charge in [0.2, 0.25) is 0 Å². The molecule has 0 bridgehead atoms. The molecule has 2 heterocycles. The van der Waals surface area contributed by atoms with Crippen molar-refractivity contribution in [2.45, 2.75) is 39.0 Å². The van der Waals surface area contributed by atoms with Crippen LogP contribution in [0.4, 0.5) is 17.6 Å². The molecule has 0 saturated heterocycles. The summed E-state index contributed by atoms with van der Waals surface area (Å²) in [6.07, 6.45) is 11.8. The summed E-state index contributed by atoms with van der Waals surface area (Å²) in [5.41, 5.74) is 3.60. The van der Waals surface area contributed by atoms with Gasteiger partial charge in [-0.15, -0.1) is 0 Å². The molecular weight excluding hydrogens is 712 g/mol. The number of hydrogen-bond donors (Lipinski definition) is 0. The monoisotopic (exact) mass is 762 g/mol. The van der Waals surface area contributed by atoms with Gasteiger partial charge in [-0.1, -0.05) is 0 Å². The van der Waals surface area contributed by atoms with E-state index < -0.39 is 39.9 Å². The second kappa shape index (κ2) is 15.9. The van der Waals surface area contributed by atoms with Crippen LogP contribution in [0.25, 0.3) is 11.4 Å². The van der Waals surface area contributed by atoms with Crippen LogP contribution in [0, 0.1) is 23.3 Å². The molecule has 0 fully saturated rings. The van der Waals surface area contributed by atoms with Gasteiger partial charge in [-0.2, -0.15) is 0 Å². The van der Waals surface area contributed by atoms with Crippen LogP contribution < -0.4 is 7.74 Å². The average Bonchev–Trinajstić information content (AvgIpc) is 3.90. The second-order valence-electron chi connectivity index (χ2n) is 15.2. The van der Waals surface area contributed by atoms with E-state index in [1.807, 2.05) is 146 Å². The number of hydrogen-bond acceptors (Lipinski definition) is 4. The standard InChI is InChI=1S/2C16H20F2N3.2C5H5.Ti/c2*1-19(2)10-13-6-7-14(11-20(3)4)21(13)16-8-5-12(17)9-15(16)18;2*1-2-4-5-3-1;/h2*5-8H,10-11H2,1-4H3;2*1-3H,4H2;. The molecule has 2 aromatic carbocycles. The molecule has 0 aliphatic heterocycles. The number of rotatable bonds is 14. The van der Waals surface area contributed by atoms with Crippen molar-refractivity contribution in [2.75, 3.05) is 56.4 Å². The zero-order chi connectivity index (χ0) is 38.2. The molecule has 6 nitrogen and oxygen atoms in total. The quantitative estimate of drug-likeness (QED) is 0.104. The third kappa shape index (κ3) is 7.38. The van der Waals surface area contributed by atoms with Gasteiger partial charge in [0.15, 0.2) is 0 Å². The summed E-state index contributed by atoms with van der Waals surface area (Å²) in [5, 5.41) is 0. The summed E-state index contributed by atoms with van der Waals surface area (Å²) in [6.45, 7) is 2.01. The van der Waals surface area contributed by atoms with Gasteiger partial charge >= 0.3 is 316 Å². The molecule has 0 unspecified atom stereocenters. The van der Waals surface area contributed by atoms with Crippen LogP contribution >= 0.6 is 0 Å². The Morgan fingerprint density at radius 3 is 1.08 bits per heavy atom. The fourth-order valence-corrected chi connectivity index (χ4v) is 16.3. The minimum absolute atomic E-state index is 0.164. The second-order valence-corrected chi connectivity index (χ2v) is 21.1. The zero-order valence-electron chi connectivity index (χ0n) is 32.0.